The molecule has 1 atom stereocenters. The molecule has 134 valence electrons. The van der Waals surface area contributed by atoms with Crippen molar-refractivity contribution in [3.05, 3.63) is 29.9 Å². The molecule has 1 aliphatic heterocycles. The van der Waals surface area contributed by atoms with Gasteiger partial charge in [-0.05, 0) is 25.5 Å². The van der Waals surface area contributed by atoms with Gasteiger partial charge in [0, 0.05) is 30.6 Å². The molecule has 1 fully saturated rings. The SMILES string of the molecule is COc1cc(NC(C)c2nc(C(C)C)no2)ccc1N1CCCC1=O. The summed E-state index contributed by atoms with van der Waals surface area (Å²) in [5.74, 6) is 2.27. The van der Waals surface area contributed by atoms with E-state index in [-0.39, 0.29) is 17.9 Å². The summed E-state index contributed by atoms with van der Waals surface area (Å²) in [7, 11) is 1.61. The second kappa shape index (κ2) is 7.13. The molecule has 1 N–H and O–H groups in total. The molecule has 1 aliphatic rings. The second-order valence-corrected chi connectivity index (χ2v) is 6.55. The maximum atomic E-state index is 12.0. The molecule has 1 saturated heterocycles. The van der Waals surface area contributed by atoms with Crippen molar-refractivity contribution in [3.63, 3.8) is 0 Å². The molecule has 7 nitrogen and oxygen atoms in total. The Balaban J connectivity index is 1.77. The topological polar surface area (TPSA) is 80.5 Å². The minimum atomic E-state index is -0.135. The van der Waals surface area contributed by atoms with Crippen molar-refractivity contribution < 1.29 is 14.1 Å². The number of methoxy groups -OCH3 is 1. The van der Waals surface area contributed by atoms with E-state index in [1.54, 1.807) is 12.0 Å². The third-order valence-corrected chi connectivity index (χ3v) is 4.27. The van der Waals surface area contributed by atoms with Crippen LogP contribution in [0.5, 0.6) is 5.75 Å². The van der Waals surface area contributed by atoms with Crippen LogP contribution < -0.4 is 15.0 Å². The number of benzene rings is 1. The van der Waals surface area contributed by atoms with E-state index < -0.39 is 0 Å². The van der Waals surface area contributed by atoms with Gasteiger partial charge in [-0.25, -0.2) is 0 Å². The fourth-order valence-electron chi connectivity index (χ4n) is 2.86. The van der Waals surface area contributed by atoms with Gasteiger partial charge in [0.2, 0.25) is 11.8 Å². The molecule has 7 heteroatoms. The molecule has 0 saturated carbocycles. The number of amides is 1. The molecule has 2 aromatic rings. The van der Waals surface area contributed by atoms with Crippen molar-refractivity contribution in [3.8, 4) is 5.75 Å². The van der Waals surface area contributed by atoms with Crippen molar-refractivity contribution in [1.82, 2.24) is 10.1 Å². The lowest BCUT2D eigenvalue weighted by atomic mass is 10.2. The fourth-order valence-corrected chi connectivity index (χ4v) is 2.86. The van der Waals surface area contributed by atoms with Gasteiger partial charge in [0.25, 0.3) is 0 Å². The molecule has 1 amide bonds. The van der Waals surface area contributed by atoms with Crippen molar-refractivity contribution in [2.24, 2.45) is 0 Å². The van der Waals surface area contributed by atoms with Crippen LogP contribution in [0.15, 0.2) is 22.7 Å². The average molecular weight is 344 g/mol. The fraction of sp³-hybridized carbons (Fsp3) is 0.500. The molecule has 1 unspecified atom stereocenters. The molecule has 0 aliphatic carbocycles. The molecule has 0 radical (unpaired) electrons. The maximum absolute atomic E-state index is 12.0. The number of anilines is 2. The normalized spacial score (nSPS) is 15.7. The number of hydrogen-bond donors (Lipinski definition) is 1. The summed E-state index contributed by atoms with van der Waals surface area (Å²) in [6, 6.07) is 5.59. The first kappa shape index (κ1) is 17.3. The van der Waals surface area contributed by atoms with Crippen LogP contribution in [0.2, 0.25) is 0 Å². The first-order chi connectivity index (χ1) is 12.0. The van der Waals surface area contributed by atoms with Crippen LogP contribution in [0.3, 0.4) is 0 Å². The predicted octanol–water partition coefficient (Wildman–Crippen LogP) is 3.50. The van der Waals surface area contributed by atoms with Crippen molar-refractivity contribution in [2.45, 2.75) is 45.6 Å². The first-order valence-corrected chi connectivity index (χ1v) is 8.58. The minimum absolute atomic E-state index is 0.135. The largest absolute Gasteiger partial charge is 0.494 e. The highest BCUT2D eigenvalue weighted by molar-refractivity contribution is 5.97. The molecular formula is C18H24N4O3. The van der Waals surface area contributed by atoms with Gasteiger partial charge in [-0.15, -0.1) is 0 Å². The predicted molar refractivity (Wildman–Crippen MR) is 95.0 cm³/mol. The van der Waals surface area contributed by atoms with Gasteiger partial charge >= 0.3 is 0 Å². The van der Waals surface area contributed by atoms with Crippen molar-refractivity contribution >= 4 is 17.3 Å². The van der Waals surface area contributed by atoms with Gasteiger partial charge in [0.05, 0.1) is 12.8 Å². The standard InChI is InChI=1S/C18H24N4O3/c1-11(2)17-20-18(25-21-17)12(3)19-13-7-8-14(15(10-13)24-4)22-9-5-6-16(22)23/h7-8,10-12,19H,5-6,9H2,1-4H3. The molecular weight excluding hydrogens is 320 g/mol. The number of rotatable bonds is 6. The summed E-state index contributed by atoms with van der Waals surface area (Å²) in [6.07, 6.45) is 1.48. The van der Waals surface area contributed by atoms with Crippen LogP contribution in [0.1, 0.15) is 57.3 Å². The first-order valence-electron chi connectivity index (χ1n) is 8.58. The zero-order chi connectivity index (χ0) is 18.0. The smallest absolute Gasteiger partial charge is 0.248 e. The lowest BCUT2D eigenvalue weighted by Crippen LogP contribution is -2.24. The Morgan fingerprint density at radius 3 is 2.72 bits per heavy atom. The number of carbonyl (C=O) groups is 1. The van der Waals surface area contributed by atoms with Crippen LogP contribution >= 0.6 is 0 Å². The van der Waals surface area contributed by atoms with Crippen LogP contribution in [0.4, 0.5) is 11.4 Å². The lowest BCUT2D eigenvalue weighted by molar-refractivity contribution is -0.117. The number of ether oxygens (including phenoxy) is 1. The maximum Gasteiger partial charge on any atom is 0.248 e. The molecule has 3 rings (SSSR count). The third-order valence-electron chi connectivity index (χ3n) is 4.27. The Morgan fingerprint density at radius 2 is 2.12 bits per heavy atom. The van der Waals surface area contributed by atoms with E-state index in [0.717, 1.165) is 24.3 Å². The highest BCUT2D eigenvalue weighted by atomic mass is 16.5. The quantitative estimate of drug-likeness (QED) is 0.864. The number of carbonyl (C=O) groups excluding carboxylic acids is 1. The van der Waals surface area contributed by atoms with Crippen molar-refractivity contribution in [2.75, 3.05) is 23.9 Å². The van der Waals surface area contributed by atoms with Gasteiger partial charge in [0.1, 0.15) is 11.8 Å². The molecule has 1 aromatic carbocycles. The number of aromatic nitrogens is 2. The zero-order valence-corrected chi connectivity index (χ0v) is 15.1. The highest BCUT2D eigenvalue weighted by Crippen LogP contribution is 2.34. The summed E-state index contributed by atoms with van der Waals surface area (Å²) in [4.78, 5) is 18.2. The molecule has 1 aromatic heterocycles. The van der Waals surface area contributed by atoms with Gasteiger partial charge in [-0.1, -0.05) is 19.0 Å². The van der Waals surface area contributed by atoms with Crippen LogP contribution in [0.25, 0.3) is 0 Å². The van der Waals surface area contributed by atoms with E-state index in [1.807, 2.05) is 39.0 Å². The van der Waals surface area contributed by atoms with E-state index in [0.29, 0.717) is 23.9 Å². The molecule has 2 heterocycles. The van der Waals surface area contributed by atoms with Crippen LogP contribution in [-0.4, -0.2) is 29.7 Å². The van der Waals surface area contributed by atoms with Gasteiger partial charge in [-0.2, -0.15) is 4.98 Å². The van der Waals surface area contributed by atoms with E-state index in [1.165, 1.54) is 0 Å². The summed E-state index contributed by atoms with van der Waals surface area (Å²) in [5.41, 5.74) is 1.67. The Bertz CT molecular complexity index is 757. The summed E-state index contributed by atoms with van der Waals surface area (Å²) >= 11 is 0. The van der Waals surface area contributed by atoms with E-state index in [9.17, 15) is 4.79 Å². The number of nitrogens with one attached hydrogen (secondary N) is 1. The van der Waals surface area contributed by atoms with E-state index in [2.05, 4.69) is 15.5 Å². The summed E-state index contributed by atoms with van der Waals surface area (Å²) < 4.78 is 10.8. The lowest BCUT2D eigenvalue weighted by Gasteiger charge is -2.20. The average Bonchev–Trinajstić information content (AvgIpc) is 3.24. The van der Waals surface area contributed by atoms with E-state index >= 15 is 0 Å². The minimum Gasteiger partial charge on any atom is -0.494 e. The zero-order valence-electron chi connectivity index (χ0n) is 15.1. The van der Waals surface area contributed by atoms with Gasteiger partial charge in [0.15, 0.2) is 5.82 Å². The molecule has 0 bridgehead atoms. The van der Waals surface area contributed by atoms with Crippen LogP contribution in [-0.2, 0) is 4.79 Å². The van der Waals surface area contributed by atoms with Gasteiger partial charge in [-0.3, -0.25) is 4.79 Å². The Hall–Kier alpha value is -2.57. The monoisotopic (exact) mass is 344 g/mol. The molecule has 0 spiro atoms. The second-order valence-electron chi connectivity index (χ2n) is 6.55. The Morgan fingerprint density at radius 1 is 1.32 bits per heavy atom. The Kier molecular flexibility index (Phi) is 4.92. The third kappa shape index (κ3) is 3.60. The summed E-state index contributed by atoms with van der Waals surface area (Å²) in [6.45, 7) is 6.74. The number of hydrogen-bond acceptors (Lipinski definition) is 6. The van der Waals surface area contributed by atoms with Crippen molar-refractivity contribution in [1.29, 1.82) is 0 Å². The van der Waals surface area contributed by atoms with Gasteiger partial charge < -0.3 is 19.5 Å². The summed E-state index contributed by atoms with van der Waals surface area (Å²) in [5, 5.41) is 7.33. The van der Waals surface area contributed by atoms with E-state index in [4.69, 9.17) is 9.26 Å². The number of nitrogens with zero attached hydrogens (tertiary/aromatic N) is 3. The van der Waals surface area contributed by atoms with Crippen LogP contribution in [0, 0.1) is 0 Å². The Labute approximate surface area is 147 Å². The molecule has 25 heavy (non-hydrogen) atoms. The highest BCUT2D eigenvalue weighted by Gasteiger charge is 2.25.